The second-order valence-corrected chi connectivity index (χ2v) is 5.75. The van der Waals surface area contributed by atoms with Crippen LogP contribution in [0.1, 0.15) is 9.67 Å². The van der Waals surface area contributed by atoms with Crippen molar-refractivity contribution in [3.8, 4) is 21.8 Å². The lowest BCUT2D eigenvalue weighted by atomic mass is 10.1. The first kappa shape index (κ1) is 13.8. The number of carbonyl (C=O) groups is 1. The topological polar surface area (TPSA) is 50.2 Å². The van der Waals surface area contributed by atoms with Crippen LogP contribution in [0.5, 0.6) is 0 Å². The molecular formula is C16H10ClNO2S. The van der Waals surface area contributed by atoms with Gasteiger partial charge in [-0.2, -0.15) is 0 Å². The summed E-state index contributed by atoms with van der Waals surface area (Å²) in [4.78, 5) is 16.2. The molecule has 0 radical (unpaired) electrons. The maximum Gasteiger partial charge on any atom is 0.348 e. The smallest absolute Gasteiger partial charge is 0.348 e. The number of carboxylic acid groups (broad SMARTS) is 1. The van der Waals surface area contributed by atoms with Gasteiger partial charge in [0.1, 0.15) is 9.88 Å². The van der Waals surface area contributed by atoms with E-state index >= 15 is 0 Å². The van der Waals surface area contributed by atoms with Crippen LogP contribution in [0.15, 0.2) is 54.6 Å². The lowest BCUT2D eigenvalue weighted by Crippen LogP contribution is -1.95. The molecule has 0 aliphatic rings. The fourth-order valence-electron chi connectivity index (χ4n) is 2.01. The fourth-order valence-corrected chi connectivity index (χ4v) is 3.15. The van der Waals surface area contributed by atoms with E-state index in [9.17, 15) is 9.90 Å². The highest BCUT2D eigenvalue weighted by Gasteiger charge is 2.20. The van der Waals surface area contributed by atoms with Gasteiger partial charge in [-0.15, -0.1) is 11.3 Å². The summed E-state index contributed by atoms with van der Waals surface area (Å²) >= 11 is 7.32. The van der Waals surface area contributed by atoms with Crippen molar-refractivity contribution in [1.82, 2.24) is 4.98 Å². The minimum Gasteiger partial charge on any atom is -0.477 e. The molecule has 0 saturated carbocycles. The van der Waals surface area contributed by atoms with Gasteiger partial charge in [0.25, 0.3) is 0 Å². The Hall–Kier alpha value is -2.17. The molecule has 3 aromatic rings. The zero-order chi connectivity index (χ0) is 14.8. The first-order valence-electron chi connectivity index (χ1n) is 6.21. The van der Waals surface area contributed by atoms with E-state index in [1.807, 2.05) is 36.4 Å². The summed E-state index contributed by atoms with van der Waals surface area (Å²) in [5.74, 6) is -0.996. The Balaban J connectivity index is 2.19. The molecule has 1 N–H and O–H groups in total. The number of benzene rings is 2. The normalized spacial score (nSPS) is 10.5. The van der Waals surface area contributed by atoms with Gasteiger partial charge in [-0.05, 0) is 6.07 Å². The first-order valence-corrected chi connectivity index (χ1v) is 7.40. The molecule has 0 bridgehead atoms. The van der Waals surface area contributed by atoms with Crippen molar-refractivity contribution in [3.05, 3.63) is 64.5 Å². The number of halogens is 1. The molecule has 2 aromatic carbocycles. The molecule has 0 aliphatic carbocycles. The minimum absolute atomic E-state index is 0.196. The van der Waals surface area contributed by atoms with Crippen molar-refractivity contribution in [3.63, 3.8) is 0 Å². The van der Waals surface area contributed by atoms with Crippen LogP contribution in [0.4, 0.5) is 0 Å². The number of hydrogen-bond donors (Lipinski definition) is 1. The highest BCUT2D eigenvalue weighted by atomic mass is 35.5. The third-order valence-electron chi connectivity index (χ3n) is 2.97. The predicted octanol–water partition coefficient (Wildman–Crippen LogP) is 4.83. The van der Waals surface area contributed by atoms with E-state index in [1.54, 1.807) is 18.2 Å². The summed E-state index contributed by atoms with van der Waals surface area (Å²) in [7, 11) is 0. The van der Waals surface area contributed by atoms with Gasteiger partial charge in [0.15, 0.2) is 0 Å². The molecule has 3 rings (SSSR count). The fraction of sp³-hybridized carbons (Fsp3) is 0. The summed E-state index contributed by atoms with van der Waals surface area (Å²) < 4.78 is 0. The number of aromatic carboxylic acids is 1. The molecule has 5 heteroatoms. The van der Waals surface area contributed by atoms with E-state index in [4.69, 9.17) is 11.6 Å². The van der Waals surface area contributed by atoms with Gasteiger partial charge in [-0.25, -0.2) is 9.78 Å². The van der Waals surface area contributed by atoms with Gasteiger partial charge in [0, 0.05) is 11.1 Å². The maximum absolute atomic E-state index is 11.5. The van der Waals surface area contributed by atoms with Gasteiger partial charge >= 0.3 is 5.97 Å². The number of aromatic nitrogens is 1. The third kappa shape index (κ3) is 2.68. The largest absolute Gasteiger partial charge is 0.477 e. The lowest BCUT2D eigenvalue weighted by molar-refractivity contribution is 0.0702. The highest BCUT2D eigenvalue weighted by Crippen LogP contribution is 2.36. The molecule has 0 amide bonds. The molecule has 0 saturated heterocycles. The van der Waals surface area contributed by atoms with Crippen molar-refractivity contribution in [2.75, 3.05) is 0 Å². The van der Waals surface area contributed by atoms with Crippen molar-refractivity contribution < 1.29 is 9.90 Å². The Morgan fingerprint density at radius 2 is 1.71 bits per heavy atom. The summed E-state index contributed by atoms with van der Waals surface area (Å²) in [5, 5.41) is 10.6. The Morgan fingerprint density at radius 1 is 1.05 bits per heavy atom. The quantitative estimate of drug-likeness (QED) is 0.753. The van der Waals surface area contributed by atoms with Crippen LogP contribution in [-0.4, -0.2) is 16.1 Å². The molecule has 104 valence electrons. The van der Waals surface area contributed by atoms with E-state index in [-0.39, 0.29) is 4.88 Å². The Morgan fingerprint density at radius 3 is 2.38 bits per heavy atom. The second kappa shape index (κ2) is 5.68. The summed E-state index contributed by atoms with van der Waals surface area (Å²) in [5.41, 5.74) is 1.94. The first-order chi connectivity index (χ1) is 10.2. The zero-order valence-corrected chi connectivity index (χ0v) is 12.4. The van der Waals surface area contributed by atoms with Gasteiger partial charge in [0.05, 0.1) is 10.7 Å². The molecule has 0 fully saturated rings. The average molecular weight is 316 g/mol. The Kier molecular flexibility index (Phi) is 3.73. The molecule has 1 aromatic heterocycles. The summed E-state index contributed by atoms with van der Waals surface area (Å²) in [6.45, 7) is 0. The number of nitrogens with zero attached hydrogens (tertiary/aromatic N) is 1. The molecule has 0 unspecified atom stereocenters. The average Bonchev–Trinajstić information content (AvgIpc) is 2.94. The van der Waals surface area contributed by atoms with E-state index in [0.29, 0.717) is 21.3 Å². The van der Waals surface area contributed by atoms with E-state index in [1.165, 1.54) is 0 Å². The Labute approximate surface area is 130 Å². The van der Waals surface area contributed by atoms with Gasteiger partial charge in [-0.3, -0.25) is 0 Å². The van der Waals surface area contributed by atoms with Crippen LogP contribution in [0, 0.1) is 0 Å². The SMILES string of the molecule is O=C(O)c1sc(-c2ccccc2)nc1-c1ccccc1Cl. The summed E-state index contributed by atoms with van der Waals surface area (Å²) in [6, 6.07) is 16.6. The number of rotatable bonds is 3. The molecule has 0 spiro atoms. The van der Waals surface area contributed by atoms with Crippen LogP contribution in [0.2, 0.25) is 5.02 Å². The number of carboxylic acids is 1. The third-order valence-corrected chi connectivity index (χ3v) is 4.39. The molecule has 1 heterocycles. The van der Waals surface area contributed by atoms with Crippen LogP contribution in [-0.2, 0) is 0 Å². The van der Waals surface area contributed by atoms with Crippen LogP contribution in [0.25, 0.3) is 21.8 Å². The molecule has 3 nitrogen and oxygen atoms in total. The van der Waals surface area contributed by atoms with Crippen molar-refractivity contribution >= 4 is 28.9 Å². The minimum atomic E-state index is -0.996. The second-order valence-electron chi connectivity index (χ2n) is 4.35. The van der Waals surface area contributed by atoms with E-state index in [2.05, 4.69) is 4.98 Å². The van der Waals surface area contributed by atoms with Crippen LogP contribution >= 0.6 is 22.9 Å². The van der Waals surface area contributed by atoms with Crippen molar-refractivity contribution in [1.29, 1.82) is 0 Å². The van der Waals surface area contributed by atoms with Gasteiger partial charge in [0.2, 0.25) is 0 Å². The van der Waals surface area contributed by atoms with Crippen LogP contribution < -0.4 is 0 Å². The molecular weight excluding hydrogens is 306 g/mol. The van der Waals surface area contributed by atoms with Crippen molar-refractivity contribution in [2.24, 2.45) is 0 Å². The number of hydrogen-bond acceptors (Lipinski definition) is 3. The van der Waals surface area contributed by atoms with Gasteiger partial charge < -0.3 is 5.11 Å². The Bertz CT molecular complexity index is 799. The molecule has 0 aliphatic heterocycles. The van der Waals surface area contributed by atoms with Crippen molar-refractivity contribution in [2.45, 2.75) is 0 Å². The summed E-state index contributed by atoms with van der Waals surface area (Å²) in [6.07, 6.45) is 0. The molecule has 0 atom stereocenters. The molecule has 21 heavy (non-hydrogen) atoms. The van der Waals surface area contributed by atoms with Gasteiger partial charge in [-0.1, -0.05) is 60.1 Å². The predicted molar refractivity (Wildman–Crippen MR) is 85.0 cm³/mol. The highest BCUT2D eigenvalue weighted by molar-refractivity contribution is 7.17. The van der Waals surface area contributed by atoms with E-state index < -0.39 is 5.97 Å². The van der Waals surface area contributed by atoms with E-state index in [0.717, 1.165) is 16.9 Å². The van der Waals surface area contributed by atoms with Crippen LogP contribution in [0.3, 0.4) is 0 Å². The zero-order valence-electron chi connectivity index (χ0n) is 10.8. The maximum atomic E-state index is 11.5. The monoisotopic (exact) mass is 315 g/mol. The standard InChI is InChI=1S/C16H10ClNO2S/c17-12-9-5-4-8-11(12)13-14(16(19)20)21-15(18-13)10-6-2-1-3-7-10/h1-9H,(H,19,20). The lowest BCUT2D eigenvalue weighted by Gasteiger charge is -2.01. The number of thiazole rings is 1.